The third kappa shape index (κ3) is 6.91. The predicted octanol–water partition coefficient (Wildman–Crippen LogP) is -0.229. The smallest absolute Gasteiger partial charge is 0.449 e. The quantitative estimate of drug-likeness (QED) is 0.275. The number of hydrogen-bond acceptors (Lipinski definition) is 11. The molecule has 1 heterocycles. The molecule has 12 nitrogen and oxygen atoms in total. The number of ether oxygens (including phenoxy) is 2. The third-order valence-electron chi connectivity index (χ3n) is 5.37. The highest BCUT2D eigenvalue weighted by Gasteiger charge is 2.45. The summed E-state index contributed by atoms with van der Waals surface area (Å²) in [5.74, 6) is -0.905. The normalized spacial score (nSPS) is 26.0. The number of hydrogen-bond donors (Lipinski definition) is 5. The molecule has 0 aromatic heterocycles. The first-order valence-corrected chi connectivity index (χ1v) is 12.4. The van der Waals surface area contributed by atoms with Crippen LogP contribution in [0.15, 0.2) is 54.6 Å². The fraction of sp³-hybridized carbons (Fsp3) is 0.435. The molecule has 1 unspecified atom stereocenters. The number of para-hydroxylation sites is 2. The van der Waals surface area contributed by atoms with E-state index in [0.717, 1.165) is 0 Å². The molecular weight excluding hydrogens is 498 g/mol. The number of carbonyl (C=O) groups excluding carboxylic acids is 1. The molecule has 2 aromatic carbocycles. The van der Waals surface area contributed by atoms with E-state index < -0.39 is 59.9 Å². The molecule has 0 aliphatic carbocycles. The van der Waals surface area contributed by atoms with E-state index in [2.05, 4.69) is 5.32 Å². The topological polar surface area (TPSA) is 181 Å². The second-order valence-corrected chi connectivity index (χ2v) is 9.35. The summed E-state index contributed by atoms with van der Waals surface area (Å²) in [5.41, 5.74) is 0.469. The van der Waals surface area contributed by atoms with Gasteiger partial charge < -0.3 is 39.4 Å². The SMILES string of the molecule is CC(=O)N[C@@H](C)[C@H](OS(=O)(=O)Oc1ccccc1OC1O[C@H](CO)[C@H](O)[C@H](O)[C@H]1O)c1ccccc1. The van der Waals surface area contributed by atoms with Crippen molar-refractivity contribution in [2.45, 2.75) is 56.7 Å². The molecule has 5 N–H and O–H groups in total. The number of rotatable bonds is 10. The molecule has 1 aliphatic rings. The monoisotopic (exact) mass is 527 g/mol. The van der Waals surface area contributed by atoms with Crippen LogP contribution in [0.3, 0.4) is 0 Å². The minimum absolute atomic E-state index is 0.194. The minimum Gasteiger partial charge on any atom is -0.458 e. The van der Waals surface area contributed by atoms with Gasteiger partial charge in [-0.2, -0.15) is 8.42 Å². The summed E-state index contributed by atoms with van der Waals surface area (Å²) in [6.07, 6.45) is -8.92. The van der Waals surface area contributed by atoms with Gasteiger partial charge >= 0.3 is 10.4 Å². The zero-order valence-corrected chi connectivity index (χ0v) is 20.3. The van der Waals surface area contributed by atoms with Gasteiger partial charge in [0.15, 0.2) is 11.5 Å². The molecule has 1 saturated heterocycles. The number of aliphatic hydroxyl groups excluding tert-OH is 4. The van der Waals surface area contributed by atoms with Crippen LogP contribution in [0, 0.1) is 0 Å². The van der Waals surface area contributed by atoms with Crippen LogP contribution in [0.5, 0.6) is 11.5 Å². The lowest BCUT2D eigenvalue weighted by atomic mass is 9.99. The predicted molar refractivity (Wildman–Crippen MR) is 124 cm³/mol. The van der Waals surface area contributed by atoms with E-state index in [1.165, 1.54) is 31.2 Å². The fourth-order valence-electron chi connectivity index (χ4n) is 3.63. The molecule has 0 radical (unpaired) electrons. The molecular formula is C23H29NO11S. The van der Waals surface area contributed by atoms with Crippen LogP contribution in [0.25, 0.3) is 0 Å². The van der Waals surface area contributed by atoms with E-state index in [0.29, 0.717) is 5.56 Å². The van der Waals surface area contributed by atoms with Crippen molar-refractivity contribution < 1.29 is 51.5 Å². The van der Waals surface area contributed by atoms with Crippen molar-refractivity contribution in [1.82, 2.24) is 5.32 Å². The summed E-state index contributed by atoms with van der Waals surface area (Å²) in [6, 6.07) is 13.2. The molecule has 0 saturated carbocycles. The zero-order valence-electron chi connectivity index (χ0n) is 19.5. The standard InChI is InChI=1S/C23H29NO11S/c1-13(24-14(2)26)22(15-8-4-3-5-9-15)35-36(30,31)34-17-11-7-6-10-16(17)32-23-21(29)20(28)19(27)18(12-25)33-23/h3-11,13,18-23,25,27-29H,12H2,1-2H3,(H,24,26)/t13-,18+,19-,20-,21+,22-,23?/m0/s1. The molecule has 0 bridgehead atoms. The maximum atomic E-state index is 12.9. The minimum atomic E-state index is -4.74. The first kappa shape index (κ1) is 27.8. The molecule has 36 heavy (non-hydrogen) atoms. The molecule has 2 aromatic rings. The van der Waals surface area contributed by atoms with Gasteiger partial charge in [-0.15, -0.1) is 0 Å². The lowest BCUT2D eigenvalue weighted by Crippen LogP contribution is -2.60. The molecule has 3 rings (SSSR count). The first-order chi connectivity index (χ1) is 17.0. The first-order valence-electron chi connectivity index (χ1n) is 11.0. The van der Waals surface area contributed by atoms with Crippen LogP contribution >= 0.6 is 0 Å². The highest BCUT2D eigenvalue weighted by atomic mass is 32.3. The second-order valence-electron chi connectivity index (χ2n) is 8.17. The van der Waals surface area contributed by atoms with Gasteiger partial charge in [0.2, 0.25) is 12.2 Å². The summed E-state index contributed by atoms with van der Waals surface area (Å²) in [5, 5.41) is 42.1. The lowest BCUT2D eigenvalue weighted by molar-refractivity contribution is -0.277. The van der Waals surface area contributed by atoms with E-state index in [9.17, 15) is 33.6 Å². The summed E-state index contributed by atoms with van der Waals surface area (Å²) >= 11 is 0. The Morgan fingerprint density at radius 2 is 1.61 bits per heavy atom. The third-order valence-corrected chi connectivity index (χ3v) is 6.19. The molecule has 1 aliphatic heterocycles. The largest absolute Gasteiger partial charge is 0.458 e. The molecule has 1 amide bonds. The number of carbonyl (C=O) groups is 1. The van der Waals surface area contributed by atoms with Crippen molar-refractivity contribution in [2.75, 3.05) is 6.61 Å². The van der Waals surface area contributed by atoms with Crippen LogP contribution in [0.4, 0.5) is 0 Å². The lowest BCUT2D eigenvalue weighted by Gasteiger charge is -2.39. The van der Waals surface area contributed by atoms with E-state index in [-0.39, 0.29) is 17.4 Å². The van der Waals surface area contributed by atoms with Gasteiger partial charge in [-0.1, -0.05) is 42.5 Å². The number of benzene rings is 2. The van der Waals surface area contributed by atoms with Gasteiger partial charge in [0.1, 0.15) is 30.5 Å². The van der Waals surface area contributed by atoms with Gasteiger partial charge in [0.05, 0.1) is 12.6 Å². The van der Waals surface area contributed by atoms with Crippen LogP contribution in [0.1, 0.15) is 25.5 Å². The van der Waals surface area contributed by atoms with Crippen molar-refractivity contribution in [1.29, 1.82) is 0 Å². The Hall–Kier alpha value is -2.78. The molecule has 0 spiro atoms. The Labute approximate surface area is 208 Å². The van der Waals surface area contributed by atoms with Crippen LogP contribution in [0.2, 0.25) is 0 Å². The van der Waals surface area contributed by atoms with Crippen molar-refractivity contribution >= 4 is 16.3 Å². The average molecular weight is 528 g/mol. The molecule has 7 atom stereocenters. The average Bonchev–Trinajstić information content (AvgIpc) is 2.84. The maximum absolute atomic E-state index is 12.9. The van der Waals surface area contributed by atoms with Crippen LogP contribution in [-0.4, -0.2) is 78.1 Å². The Balaban J connectivity index is 1.81. The fourth-order valence-corrected chi connectivity index (χ4v) is 4.56. The van der Waals surface area contributed by atoms with E-state index in [1.807, 2.05) is 0 Å². The van der Waals surface area contributed by atoms with Crippen molar-refractivity contribution in [3.05, 3.63) is 60.2 Å². The van der Waals surface area contributed by atoms with Gasteiger partial charge in [0, 0.05) is 6.92 Å². The Bertz CT molecular complexity index is 1110. The Morgan fingerprint density at radius 3 is 2.22 bits per heavy atom. The van der Waals surface area contributed by atoms with Crippen molar-refractivity contribution in [3.8, 4) is 11.5 Å². The van der Waals surface area contributed by atoms with E-state index in [1.54, 1.807) is 37.3 Å². The van der Waals surface area contributed by atoms with Crippen LogP contribution < -0.4 is 14.2 Å². The van der Waals surface area contributed by atoms with E-state index >= 15 is 0 Å². The zero-order chi connectivity index (χ0) is 26.5. The summed E-state index contributed by atoms with van der Waals surface area (Å²) in [7, 11) is -4.74. The van der Waals surface area contributed by atoms with Crippen molar-refractivity contribution in [2.24, 2.45) is 0 Å². The van der Waals surface area contributed by atoms with Gasteiger partial charge in [0.25, 0.3) is 0 Å². The summed E-state index contributed by atoms with van der Waals surface area (Å²) < 4.78 is 47.0. The summed E-state index contributed by atoms with van der Waals surface area (Å²) in [6.45, 7) is 2.19. The summed E-state index contributed by atoms with van der Waals surface area (Å²) in [4.78, 5) is 11.5. The van der Waals surface area contributed by atoms with Crippen molar-refractivity contribution in [3.63, 3.8) is 0 Å². The number of aliphatic hydroxyl groups is 4. The molecule has 13 heteroatoms. The van der Waals surface area contributed by atoms with E-state index in [4.69, 9.17) is 17.8 Å². The highest BCUT2D eigenvalue weighted by Crippen LogP contribution is 2.33. The number of amides is 1. The Morgan fingerprint density at radius 1 is 1.00 bits per heavy atom. The highest BCUT2D eigenvalue weighted by molar-refractivity contribution is 7.82. The maximum Gasteiger partial charge on any atom is 0.449 e. The van der Waals surface area contributed by atoms with Gasteiger partial charge in [-0.25, -0.2) is 4.18 Å². The molecule has 1 fully saturated rings. The molecule has 198 valence electrons. The van der Waals surface area contributed by atoms with Gasteiger partial charge in [-0.3, -0.25) is 4.79 Å². The van der Waals surface area contributed by atoms with Gasteiger partial charge in [-0.05, 0) is 24.6 Å². The van der Waals surface area contributed by atoms with Crippen LogP contribution in [-0.2, 0) is 24.1 Å². The Kier molecular flexibility index (Phi) is 9.24. The number of nitrogens with one attached hydrogen (secondary N) is 1. The second kappa shape index (κ2) is 12.0.